The molecule has 0 saturated heterocycles. The van der Waals surface area contributed by atoms with Gasteiger partial charge in [-0.15, -0.1) is 0 Å². The van der Waals surface area contributed by atoms with Crippen molar-refractivity contribution in [2.24, 2.45) is 0 Å². The minimum atomic E-state index is -0.524. The van der Waals surface area contributed by atoms with Gasteiger partial charge in [0.25, 0.3) is 5.56 Å². The Balaban J connectivity index is 2.71. The molecule has 0 saturated carbocycles. The van der Waals surface area contributed by atoms with Crippen LogP contribution in [-0.4, -0.2) is 29.9 Å². The number of ether oxygens (including phenoxy) is 2. The number of methoxy groups -OCH3 is 1. The van der Waals surface area contributed by atoms with Crippen LogP contribution >= 0.6 is 11.8 Å². The molecule has 0 amide bonds. The standard InChI is InChI=1S/C15H12N4O3S/c1-21-9-3-4-10(12(7-9)22-6-5-16)13-11(8-17)14(20)19-15(18-13)23-2/h3-4,7H,6H2,1-2H3,(H,18,19,20). The van der Waals surface area contributed by atoms with Crippen molar-refractivity contribution in [3.05, 3.63) is 34.1 Å². The van der Waals surface area contributed by atoms with Crippen LogP contribution in [-0.2, 0) is 0 Å². The Morgan fingerprint density at radius 3 is 2.78 bits per heavy atom. The third-order valence-electron chi connectivity index (χ3n) is 2.94. The molecule has 0 unspecified atom stereocenters. The van der Waals surface area contributed by atoms with Crippen molar-refractivity contribution in [3.63, 3.8) is 0 Å². The molecule has 0 aliphatic rings. The van der Waals surface area contributed by atoms with E-state index in [2.05, 4.69) is 9.97 Å². The summed E-state index contributed by atoms with van der Waals surface area (Å²) in [5, 5.41) is 18.3. The van der Waals surface area contributed by atoms with Crippen LogP contribution in [0, 0.1) is 22.7 Å². The maximum absolute atomic E-state index is 12.0. The molecule has 0 atom stereocenters. The molecular formula is C15H12N4O3S. The largest absolute Gasteiger partial charge is 0.497 e. The summed E-state index contributed by atoms with van der Waals surface area (Å²) in [6.45, 7) is -0.180. The van der Waals surface area contributed by atoms with Crippen LogP contribution < -0.4 is 15.0 Å². The van der Waals surface area contributed by atoms with E-state index < -0.39 is 5.56 Å². The highest BCUT2D eigenvalue weighted by molar-refractivity contribution is 7.98. The maximum Gasteiger partial charge on any atom is 0.270 e. The number of nitriles is 2. The fourth-order valence-corrected chi connectivity index (χ4v) is 2.28. The van der Waals surface area contributed by atoms with Crippen molar-refractivity contribution < 1.29 is 9.47 Å². The fourth-order valence-electron chi connectivity index (χ4n) is 1.90. The summed E-state index contributed by atoms with van der Waals surface area (Å²) < 4.78 is 10.5. The van der Waals surface area contributed by atoms with Crippen LogP contribution in [0.25, 0.3) is 11.3 Å². The van der Waals surface area contributed by atoms with Crippen LogP contribution in [0.5, 0.6) is 11.5 Å². The van der Waals surface area contributed by atoms with Gasteiger partial charge in [0.1, 0.15) is 34.9 Å². The lowest BCUT2D eigenvalue weighted by molar-refractivity contribution is 0.362. The predicted octanol–water partition coefficient (Wildman–Crippen LogP) is 1.94. The number of nitrogens with zero attached hydrogens (tertiary/aromatic N) is 3. The topological polar surface area (TPSA) is 112 Å². The van der Waals surface area contributed by atoms with E-state index in [1.807, 2.05) is 12.1 Å². The zero-order valence-corrected chi connectivity index (χ0v) is 13.2. The van der Waals surface area contributed by atoms with Gasteiger partial charge in [-0.25, -0.2) is 4.98 Å². The van der Waals surface area contributed by atoms with E-state index in [9.17, 15) is 10.1 Å². The number of aromatic nitrogens is 2. The molecule has 2 aromatic rings. The number of hydrogen-bond donors (Lipinski definition) is 1. The number of benzene rings is 1. The molecule has 1 N–H and O–H groups in total. The van der Waals surface area contributed by atoms with Crippen molar-refractivity contribution >= 4 is 11.8 Å². The van der Waals surface area contributed by atoms with Crippen molar-refractivity contribution in [1.82, 2.24) is 9.97 Å². The van der Waals surface area contributed by atoms with Gasteiger partial charge in [0, 0.05) is 11.6 Å². The summed E-state index contributed by atoms with van der Waals surface area (Å²) >= 11 is 1.25. The molecule has 0 aliphatic carbocycles. The van der Waals surface area contributed by atoms with Crippen LogP contribution in [0.4, 0.5) is 0 Å². The van der Waals surface area contributed by atoms with E-state index >= 15 is 0 Å². The maximum atomic E-state index is 12.0. The number of hydrogen-bond acceptors (Lipinski definition) is 7. The second-order valence-corrected chi connectivity index (χ2v) is 5.01. The lowest BCUT2D eigenvalue weighted by atomic mass is 10.1. The first-order chi connectivity index (χ1) is 11.1. The van der Waals surface area contributed by atoms with Crippen LogP contribution in [0.3, 0.4) is 0 Å². The third kappa shape index (κ3) is 3.44. The summed E-state index contributed by atoms with van der Waals surface area (Å²) in [6.07, 6.45) is 1.76. The van der Waals surface area contributed by atoms with E-state index in [0.717, 1.165) is 0 Å². The van der Waals surface area contributed by atoms with Crippen LogP contribution in [0.2, 0.25) is 0 Å². The SMILES string of the molecule is COc1ccc(-c2nc(SC)[nH]c(=O)c2C#N)c(OCC#N)c1. The van der Waals surface area contributed by atoms with Crippen molar-refractivity contribution in [3.8, 4) is 34.9 Å². The third-order valence-corrected chi connectivity index (χ3v) is 3.52. The first-order valence-electron chi connectivity index (χ1n) is 6.41. The quantitative estimate of drug-likeness (QED) is 0.659. The van der Waals surface area contributed by atoms with Gasteiger partial charge >= 0.3 is 0 Å². The fraction of sp³-hybridized carbons (Fsp3) is 0.200. The highest BCUT2D eigenvalue weighted by atomic mass is 32.2. The van der Waals surface area contributed by atoms with Gasteiger partial charge in [-0.1, -0.05) is 11.8 Å². The number of rotatable bonds is 5. The van der Waals surface area contributed by atoms with Crippen LogP contribution in [0.15, 0.2) is 28.2 Å². The number of thioether (sulfide) groups is 1. The molecule has 8 heteroatoms. The lowest BCUT2D eigenvalue weighted by Gasteiger charge is -2.12. The highest BCUT2D eigenvalue weighted by Crippen LogP contribution is 2.33. The molecule has 1 aromatic heterocycles. The summed E-state index contributed by atoms with van der Waals surface area (Å²) in [6, 6.07) is 8.61. The summed E-state index contributed by atoms with van der Waals surface area (Å²) in [7, 11) is 1.50. The molecule has 0 fully saturated rings. The summed E-state index contributed by atoms with van der Waals surface area (Å²) in [5.41, 5.74) is 0.00821. The Kier molecular flexibility index (Phi) is 5.23. The van der Waals surface area contributed by atoms with Crippen molar-refractivity contribution in [2.75, 3.05) is 20.0 Å². The van der Waals surface area contributed by atoms with Crippen LogP contribution in [0.1, 0.15) is 5.56 Å². The molecular weight excluding hydrogens is 316 g/mol. The molecule has 0 radical (unpaired) electrons. The Morgan fingerprint density at radius 2 is 2.17 bits per heavy atom. The summed E-state index contributed by atoms with van der Waals surface area (Å²) in [5.74, 6) is 0.836. The Hall–Kier alpha value is -2.97. The lowest BCUT2D eigenvalue weighted by Crippen LogP contribution is -2.15. The Bertz CT molecular complexity index is 864. The van der Waals surface area contributed by atoms with E-state index in [4.69, 9.17) is 14.7 Å². The molecule has 23 heavy (non-hydrogen) atoms. The van der Waals surface area contributed by atoms with E-state index in [0.29, 0.717) is 22.2 Å². The van der Waals surface area contributed by atoms with Crippen molar-refractivity contribution in [2.45, 2.75) is 5.16 Å². The zero-order chi connectivity index (χ0) is 16.8. The van der Waals surface area contributed by atoms with Crippen molar-refractivity contribution in [1.29, 1.82) is 10.5 Å². The van der Waals surface area contributed by atoms with Gasteiger partial charge < -0.3 is 14.5 Å². The van der Waals surface area contributed by atoms with Gasteiger partial charge in [-0.3, -0.25) is 4.79 Å². The van der Waals surface area contributed by atoms with Gasteiger partial charge in [-0.2, -0.15) is 10.5 Å². The van der Waals surface area contributed by atoms with Gasteiger partial charge in [-0.05, 0) is 18.4 Å². The first kappa shape index (κ1) is 16.4. The smallest absolute Gasteiger partial charge is 0.270 e. The average molecular weight is 328 g/mol. The first-order valence-corrected chi connectivity index (χ1v) is 7.63. The second kappa shape index (κ2) is 7.34. The molecule has 1 heterocycles. The molecule has 0 bridgehead atoms. The molecule has 0 aliphatic heterocycles. The Labute approximate surface area is 136 Å². The molecule has 1 aromatic carbocycles. The Morgan fingerprint density at radius 1 is 1.39 bits per heavy atom. The predicted molar refractivity (Wildman–Crippen MR) is 84.4 cm³/mol. The van der Waals surface area contributed by atoms with Gasteiger partial charge in [0.05, 0.1) is 7.11 Å². The molecule has 7 nitrogen and oxygen atoms in total. The molecule has 2 rings (SSSR count). The van der Waals surface area contributed by atoms with E-state index in [1.165, 1.54) is 18.9 Å². The van der Waals surface area contributed by atoms with Gasteiger partial charge in [0.2, 0.25) is 0 Å². The minimum Gasteiger partial charge on any atom is -0.497 e. The minimum absolute atomic E-state index is 0.116. The highest BCUT2D eigenvalue weighted by Gasteiger charge is 2.17. The number of aromatic amines is 1. The van der Waals surface area contributed by atoms with E-state index in [-0.39, 0.29) is 17.9 Å². The summed E-state index contributed by atoms with van der Waals surface area (Å²) in [4.78, 5) is 18.8. The van der Waals surface area contributed by atoms with Gasteiger partial charge in [0.15, 0.2) is 11.8 Å². The van der Waals surface area contributed by atoms with E-state index in [1.54, 1.807) is 24.5 Å². The monoisotopic (exact) mass is 328 g/mol. The number of nitrogens with one attached hydrogen (secondary N) is 1. The average Bonchev–Trinajstić information content (AvgIpc) is 2.58. The second-order valence-electron chi connectivity index (χ2n) is 4.22. The zero-order valence-electron chi connectivity index (χ0n) is 12.4. The normalized spacial score (nSPS) is 9.74. The molecule has 0 spiro atoms. The number of H-pyrrole nitrogens is 1. The molecule has 116 valence electrons.